The minimum atomic E-state index is -0.127. The van der Waals surface area contributed by atoms with Gasteiger partial charge in [0, 0.05) is 44.8 Å². The average Bonchev–Trinajstić information content (AvgIpc) is 2.61. The van der Waals surface area contributed by atoms with Crippen molar-refractivity contribution < 1.29 is 14.3 Å². The number of carbonyl (C=O) groups is 2. The van der Waals surface area contributed by atoms with Crippen LogP contribution in [0.5, 0.6) is 0 Å². The molecule has 0 saturated carbocycles. The van der Waals surface area contributed by atoms with Gasteiger partial charge in [-0.3, -0.25) is 14.5 Å². The van der Waals surface area contributed by atoms with Crippen molar-refractivity contribution in [3.8, 4) is 0 Å². The van der Waals surface area contributed by atoms with Gasteiger partial charge in [-0.05, 0) is 20.3 Å². The summed E-state index contributed by atoms with van der Waals surface area (Å²) in [5, 5.41) is 0. The number of allylic oxidation sites excluding steroid dienone is 1. The fourth-order valence-corrected chi connectivity index (χ4v) is 3.16. The third kappa shape index (κ3) is 4.54. The summed E-state index contributed by atoms with van der Waals surface area (Å²) >= 11 is 0. The molecule has 0 aliphatic carbocycles. The van der Waals surface area contributed by atoms with Crippen LogP contribution in [0, 0.1) is 0 Å². The van der Waals surface area contributed by atoms with Gasteiger partial charge in [0.1, 0.15) is 0 Å². The van der Waals surface area contributed by atoms with Crippen molar-refractivity contribution in [3.63, 3.8) is 0 Å². The highest BCUT2D eigenvalue weighted by Gasteiger charge is 2.30. The SMILES string of the molecule is CCC=C(C)C(=O)N1CCN(C(C)C(=O)N2CCOCC2)CC1. The van der Waals surface area contributed by atoms with Gasteiger partial charge < -0.3 is 14.5 Å². The first-order valence-corrected chi connectivity index (χ1v) is 8.61. The molecule has 2 saturated heterocycles. The Bertz CT molecular complexity index is 450. The van der Waals surface area contributed by atoms with Crippen molar-refractivity contribution >= 4 is 11.8 Å². The van der Waals surface area contributed by atoms with Crippen molar-refractivity contribution in [2.45, 2.75) is 33.2 Å². The quantitative estimate of drug-likeness (QED) is 0.716. The number of rotatable bonds is 4. The second-order valence-electron chi connectivity index (χ2n) is 6.24. The lowest BCUT2D eigenvalue weighted by Gasteiger charge is -2.39. The van der Waals surface area contributed by atoms with Gasteiger partial charge in [0.15, 0.2) is 0 Å². The summed E-state index contributed by atoms with van der Waals surface area (Å²) in [6, 6.07) is -0.127. The van der Waals surface area contributed by atoms with E-state index in [1.54, 1.807) is 0 Å². The van der Waals surface area contributed by atoms with Crippen LogP contribution in [-0.4, -0.2) is 85.0 Å². The highest BCUT2D eigenvalue weighted by molar-refractivity contribution is 5.92. The first-order valence-electron chi connectivity index (χ1n) is 8.61. The van der Waals surface area contributed by atoms with Crippen molar-refractivity contribution in [1.82, 2.24) is 14.7 Å². The normalized spacial score (nSPS) is 22.1. The molecule has 0 aromatic rings. The third-order valence-electron chi connectivity index (χ3n) is 4.68. The van der Waals surface area contributed by atoms with E-state index in [0.29, 0.717) is 39.4 Å². The summed E-state index contributed by atoms with van der Waals surface area (Å²) in [5.41, 5.74) is 0.818. The van der Waals surface area contributed by atoms with Gasteiger partial charge in [-0.25, -0.2) is 0 Å². The Morgan fingerprint density at radius 3 is 2.22 bits per heavy atom. The molecule has 6 nitrogen and oxygen atoms in total. The third-order valence-corrected chi connectivity index (χ3v) is 4.68. The fraction of sp³-hybridized carbons (Fsp3) is 0.765. The lowest BCUT2D eigenvalue weighted by molar-refractivity contribution is -0.141. The number of piperazine rings is 1. The average molecular weight is 323 g/mol. The maximum atomic E-state index is 12.5. The molecule has 1 unspecified atom stereocenters. The summed E-state index contributed by atoms with van der Waals surface area (Å²) in [6.07, 6.45) is 2.85. The van der Waals surface area contributed by atoms with Crippen LogP contribution in [0.2, 0.25) is 0 Å². The van der Waals surface area contributed by atoms with Gasteiger partial charge in [-0.1, -0.05) is 13.0 Å². The molecule has 0 N–H and O–H groups in total. The number of nitrogens with zero attached hydrogens (tertiary/aromatic N) is 3. The molecule has 2 amide bonds. The zero-order valence-corrected chi connectivity index (χ0v) is 14.6. The van der Waals surface area contributed by atoms with Crippen LogP contribution in [0.1, 0.15) is 27.2 Å². The molecule has 0 aromatic carbocycles. The lowest BCUT2D eigenvalue weighted by atomic mass is 10.1. The zero-order chi connectivity index (χ0) is 16.8. The maximum Gasteiger partial charge on any atom is 0.249 e. The van der Waals surface area contributed by atoms with E-state index in [2.05, 4.69) is 4.90 Å². The van der Waals surface area contributed by atoms with E-state index in [1.165, 1.54) is 0 Å². The van der Waals surface area contributed by atoms with Gasteiger partial charge in [0.25, 0.3) is 0 Å². The summed E-state index contributed by atoms with van der Waals surface area (Å²) in [4.78, 5) is 30.8. The van der Waals surface area contributed by atoms with Crippen LogP contribution in [0.15, 0.2) is 11.6 Å². The number of hydrogen-bond donors (Lipinski definition) is 0. The summed E-state index contributed by atoms with van der Waals surface area (Å²) < 4.78 is 5.30. The molecular weight excluding hydrogens is 294 g/mol. The molecule has 2 aliphatic heterocycles. The van der Waals surface area contributed by atoms with E-state index in [1.807, 2.05) is 36.6 Å². The zero-order valence-electron chi connectivity index (χ0n) is 14.6. The Hall–Kier alpha value is -1.40. The molecule has 0 spiro atoms. The van der Waals surface area contributed by atoms with Crippen LogP contribution in [0.25, 0.3) is 0 Å². The van der Waals surface area contributed by atoms with Gasteiger partial charge in [-0.15, -0.1) is 0 Å². The van der Waals surface area contributed by atoms with Crippen molar-refractivity contribution in [2.24, 2.45) is 0 Å². The summed E-state index contributed by atoms with van der Waals surface area (Å²) in [6.45, 7) is 11.4. The van der Waals surface area contributed by atoms with Crippen LogP contribution >= 0.6 is 0 Å². The monoisotopic (exact) mass is 323 g/mol. The molecule has 0 aromatic heterocycles. The maximum absolute atomic E-state index is 12.5. The highest BCUT2D eigenvalue weighted by Crippen LogP contribution is 2.12. The molecule has 2 rings (SSSR count). The van der Waals surface area contributed by atoms with E-state index >= 15 is 0 Å². The van der Waals surface area contributed by atoms with Crippen molar-refractivity contribution in [2.75, 3.05) is 52.5 Å². The second kappa shape index (κ2) is 8.45. The number of ether oxygens (including phenoxy) is 1. The summed E-state index contributed by atoms with van der Waals surface area (Å²) in [5.74, 6) is 0.300. The van der Waals surface area contributed by atoms with Crippen molar-refractivity contribution in [1.29, 1.82) is 0 Å². The molecule has 2 heterocycles. The fourth-order valence-electron chi connectivity index (χ4n) is 3.16. The van der Waals surface area contributed by atoms with E-state index < -0.39 is 0 Å². The second-order valence-corrected chi connectivity index (χ2v) is 6.24. The van der Waals surface area contributed by atoms with Gasteiger partial charge in [0.05, 0.1) is 19.3 Å². The first-order chi connectivity index (χ1) is 11.0. The Labute approximate surface area is 139 Å². The molecule has 130 valence electrons. The van der Waals surface area contributed by atoms with Gasteiger partial charge in [0.2, 0.25) is 11.8 Å². The molecular formula is C17H29N3O3. The molecule has 0 radical (unpaired) electrons. The molecule has 6 heteroatoms. The molecule has 2 aliphatic rings. The standard InChI is InChI=1S/C17H29N3O3/c1-4-5-14(2)16(21)19-8-6-18(7-9-19)15(3)17(22)20-10-12-23-13-11-20/h5,15H,4,6-13H2,1-3H3. The molecule has 23 heavy (non-hydrogen) atoms. The van der Waals surface area contributed by atoms with E-state index in [4.69, 9.17) is 4.74 Å². The Morgan fingerprint density at radius 1 is 1.04 bits per heavy atom. The molecule has 1 atom stereocenters. The topological polar surface area (TPSA) is 53.1 Å². The molecule has 0 bridgehead atoms. The van der Waals surface area contributed by atoms with Crippen LogP contribution < -0.4 is 0 Å². The van der Waals surface area contributed by atoms with Crippen molar-refractivity contribution in [3.05, 3.63) is 11.6 Å². The predicted molar refractivity (Wildman–Crippen MR) is 89.1 cm³/mol. The number of morpholine rings is 1. The Balaban J connectivity index is 1.84. The van der Waals surface area contributed by atoms with Crippen LogP contribution in [0.4, 0.5) is 0 Å². The number of carbonyl (C=O) groups excluding carboxylic acids is 2. The van der Waals surface area contributed by atoms with Gasteiger partial charge >= 0.3 is 0 Å². The minimum absolute atomic E-state index is 0.124. The number of amides is 2. The van der Waals surface area contributed by atoms with E-state index in [9.17, 15) is 9.59 Å². The van der Waals surface area contributed by atoms with Crippen LogP contribution in [0.3, 0.4) is 0 Å². The predicted octanol–water partition coefficient (Wildman–Crippen LogP) is 0.734. The first kappa shape index (κ1) is 17.9. The van der Waals surface area contributed by atoms with Crippen LogP contribution in [-0.2, 0) is 14.3 Å². The molecule has 2 fully saturated rings. The highest BCUT2D eigenvalue weighted by atomic mass is 16.5. The number of hydrogen-bond acceptors (Lipinski definition) is 4. The van der Waals surface area contributed by atoms with Gasteiger partial charge in [-0.2, -0.15) is 0 Å². The minimum Gasteiger partial charge on any atom is -0.378 e. The Morgan fingerprint density at radius 2 is 1.65 bits per heavy atom. The summed E-state index contributed by atoms with van der Waals surface area (Å²) in [7, 11) is 0. The smallest absolute Gasteiger partial charge is 0.249 e. The Kier molecular flexibility index (Phi) is 6.59. The lowest BCUT2D eigenvalue weighted by Crippen LogP contribution is -2.56. The largest absolute Gasteiger partial charge is 0.378 e. The van der Waals surface area contributed by atoms with E-state index in [-0.39, 0.29) is 17.9 Å². The van der Waals surface area contributed by atoms with E-state index in [0.717, 1.165) is 25.1 Å².